The predicted octanol–water partition coefficient (Wildman–Crippen LogP) is 0.0100. The molecule has 0 aromatic heterocycles. The van der Waals surface area contributed by atoms with Crippen LogP contribution >= 0.6 is 12.4 Å². The molecule has 0 bridgehead atoms. The van der Waals surface area contributed by atoms with Crippen molar-refractivity contribution in [3.63, 3.8) is 0 Å². The van der Waals surface area contributed by atoms with Crippen LogP contribution in [-0.4, -0.2) is 24.8 Å². The zero-order valence-electron chi connectivity index (χ0n) is 5.26. The average molecular weight is 150 g/mol. The highest BCUT2D eigenvalue weighted by Gasteiger charge is 2.56. The summed E-state index contributed by atoms with van der Waals surface area (Å²) in [4.78, 5) is 0. The van der Waals surface area contributed by atoms with E-state index < -0.39 is 0 Å². The van der Waals surface area contributed by atoms with E-state index in [2.05, 4.69) is 5.32 Å². The SMILES string of the molecule is Cl.OC[C@@]12CNC[C@@H]1C2. The van der Waals surface area contributed by atoms with E-state index in [-0.39, 0.29) is 12.4 Å². The second-order valence-corrected chi connectivity index (χ2v) is 3.05. The fourth-order valence-corrected chi connectivity index (χ4v) is 1.68. The molecule has 2 atom stereocenters. The lowest BCUT2D eigenvalue weighted by molar-refractivity contribution is 0.214. The Hall–Kier alpha value is 0.210. The summed E-state index contributed by atoms with van der Waals surface area (Å²) in [5.41, 5.74) is 0.347. The lowest BCUT2D eigenvalue weighted by Crippen LogP contribution is -2.18. The van der Waals surface area contributed by atoms with Gasteiger partial charge in [-0.15, -0.1) is 12.4 Å². The largest absolute Gasteiger partial charge is 0.396 e. The first kappa shape index (κ1) is 7.32. The Kier molecular flexibility index (Phi) is 1.72. The third kappa shape index (κ3) is 0.858. The lowest BCUT2D eigenvalue weighted by Gasteiger charge is -2.03. The fourth-order valence-electron chi connectivity index (χ4n) is 1.68. The van der Waals surface area contributed by atoms with E-state index in [0.29, 0.717) is 12.0 Å². The molecule has 1 aliphatic carbocycles. The van der Waals surface area contributed by atoms with Gasteiger partial charge in [0.2, 0.25) is 0 Å². The molecular weight excluding hydrogens is 138 g/mol. The van der Waals surface area contributed by atoms with Gasteiger partial charge in [-0.25, -0.2) is 0 Å². The van der Waals surface area contributed by atoms with Crippen LogP contribution in [0.4, 0.5) is 0 Å². The van der Waals surface area contributed by atoms with Gasteiger partial charge in [-0.05, 0) is 18.9 Å². The molecule has 54 valence electrons. The standard InChI is InChI=1S/C6H11NO.ClH/c8-4-6-1-5(6)2-7-3-6;/h5,7-8H,1-4H2;1H/t5-,6+;/m0./s1. The number of aliphatic hydroxyl groups is 1. The molecule has 0 radical (unpaired) electrons. The summed E-state index contributed by atoms with van der Waals surface area (Å²) < 4.78 is 0. The second-order valence-electron chi connectivity index (χ2n) is 3.05. The monoisotopic (exact) mass is 149 g/mol. The molecule has 9 heavy (non-hydrogen) atoms. The number of fused-ring (bicyclic) bond motifs is 1. The van der Waals surface area contributed by atoms with Crippen LogP contribution in [0.25, 0.3) is 0 Å². The molecule has 3 heteroatoms. The molecule has 1 heterocycles. The van der Waals surface area contributed by atoms with Crippen LogP contribution < -0.4 is 5.32 Å². The number of hydrogen-bond acceptors (Lipinski definition) is 2. The molecule has 2 fully saturated rings. The van der Waals surface area contributed by atoms with Crippen molar-refractivity contribution < 1.29 is 5.11 Å². The van der Waals surface area contributed by atoms with Crippen molar-refractivity contribution in [1.82, 2.24) is 5.32 Å². The molecule has 2 N–H and O–H groups in total. The Bertz CT molecular complexity index is 116. The number of nitrogens with one attached hydrogen (secondary N) is 1. The summed E-state index contributed by atoms with van der Waals surface area (Å²) >= 11 is 0. The third-order valence-electron chi connectivity index (χ3n) is 2.54. The molecule has 0 aromatic rings. The maximum Gasteiger partial charge on any atom is 0.0502 e. The van der Waals surface area contributed by atoms with Gasteiger partial charge in [-0.2, -0.15) is 0 Å². The summed E-state index contributed by atoms with van der Waals surface area (Å²) in [7, 11) is 0. The van der Waals surface area contributed by atoms with Crippen LogP contribution in [0.15, 0.2) is 0 Å². The highest BCUT2D eigenvalue weighted by atomic mass is 35.5. The summed E-state index contributed by atoms with van der Waals surface area (Å²) in [5, 5.41) is 12.1. The molecule has 0 aromatic carbocycles. The topological polar surface area (TPSA) is 32.3 Å². The molecule has 2 rings (SSSR count). The highest BCUT2D eigenvalue weighted by molar-refractivity contribution is 5.85. The van der Waals surface area contributed by atoms with Crippen molar-refractivity contribution >= 4 is 12.4 Å². The molecule has 1 saturated carbocycles. The minimum Gasteiger partial charge on any atom is -0.396 e. The zero-order chi connectivity index (χ0) is 5.61. The molecular formula is C6H12ClNO. The van der Waals surface area contributed by atoms with E-state index >= 15 is 0 Å². The van der Waals surface area contributed by atoms with E-state index in [1.54, 1.807) is 0 Å². The van der Waals surface area contributed by atoms with E-state index in [1.165, 1.54) is 6.42 Å². The van der Waals surface area contributed by atoms with Crippen molar-refractivity contribution in [2.45, 2.75) is 6.42 Å². The molecule has 2 aliphatic rings. The van der Waals surface area contributed by atoms with Crippen molar-refractivity contribution in [2.75, 3.05) is 19.7 Å². The zero-order valence-corrected chi connectivity index (χ0v) is 6.08. The minimum atomic E-state index is 0. The van der Waals surface area contributed by atoms with E-state index in [0.717, 1.165) is 19.0 Å². The molecule has 1 aliphatic heterocycles. The summed E-state index contributed by atoms with van der Waals surface area (Å²) in [6.07, 6.45) is 1.26. The van der Waals surface area contributed by atoms with Gasteiger partial charge < -0.3 is 10.4 Å². The van der Waals surface area contributed by atoms with Gasteiger partial charge in [0.05, 0.1) is 6.61 Å². The van der Waals surface area contributed by atoms with Crippen molar-refractivity contribution in [1.29, 1.82) is 0 Å². The summed E-state index contributed by atoms with van der Waals surface area (Å²) in [6.45, 7) is 2.58. The quantitative estimate of drug-likeness (QED) is 0.551. The average Bonchev–Trinajstić information content (AvgIpc) is 2.38. The predicted molar refractivity (Wildman–Crippen MR) is 37.7 cm³/mol. The first-order valence-corrected chi connectivity index (χ1v) is 3.19. The Morgan fingerprint density at radius 3 is 2.67 bits per heavy atom. The Morgan fingerprint density at radius 2 is 2.44 bits per heavy atom. The van der Waals surface area contributed by atoms with Gasteiger partial charge in [0.25, 0.3) is 0 Å². The molecule has 0 unspecified atom stereocenters. The number of rotatable bonds is 1. The van der Waals surface area contributed by atoms with Gasteiger partial charge >= 0.3 is 0 Å². The van der Waals surface area contributed by atoms with Crippen LogP contribution in [-0.2, 0) is 0 Å². The smallest absolute Gasteiger partial charge is 0.0502 e. The maximum absolute atomic E-state index is 8.83. The Balaban J connectivity index is 0.000000405. The van der Waals surface area contributed by atoms with Gasteiger partial charge in [-0.1, -0.05) is 0 Å². The van der Waals surface area contributed by atoms with Crippen molar-refractivity contribution in [3.05, 3.63) is 0 Å². The van der Waals surface area contributed by atoms with Gasteiger partial charge in [0.1, 0.15) is 0 Å². The molecule has 2 nitrogen and oxygen atoms in total. The van der Waals surface area contributed by atoms with E-state index in [1.807, 2.05) is 0 Å². The number of halogens is 1. The molecule has 0 amide bonds. The van der Waals surface area contributed by atoms with Crippen LogP contribution in [0, 0.1) is 11.3 Å². The van der Waals surface area contributed by atoms with Crippen molar-refractivity contribution in [2.24, 2.45) is 11.3 Å². The molecule has 1 saturated heterocycles. The second kappa shape index (κ2) is 2.11. The Labute approximate surface area is 61.0 Å². The van der Waals surface area contributed by atoms with E-state index in [9.17, 15) is 0 Å². The van der Waals surface area contributed by atoms with Gasteiger partial charge in [-0.3, -0.25) is 0 Å². The van der Waals surface area contributed by atoms with Crippen molar-refractivity contribution in [3.8, 4) is 0 Å². The van der Waals surface area contributed by atoms with Crippen LogP contribution in [0.2, 0.25) is 0 Å². The summed E-state index contributed by atoms with van der Waals surface area (Å²) in [6, 6.07) is 0. The Morgan fingerprint density at radius 1 is 1.67 bits per heavy atom. The third-order valence-corrected chi connectivity index (χ3v) is 2.54. The summed E-state index contributed by atoms with van der Waals surface area (Å²) in [5.74, 6) is 0.812. The van der Waals surface area contributed by atoms with Crippen LogP contribution in [0.3, 0.4) is 0 Å². The minimum absolute atomic E-state index is 0. The highest BCUT2D eigenvalue weighted by Crippen LogP contribution is 2.54. The van der Waals surface area contributed by atoms with Crippen LogP contribution in [0.1, 0.15) is 6.42 Å². The normalized spacial score (nSPS) is 45.7. The maximum atomic E-state index is 8.83. The van der Waals surface area contributed by atoms with Crippen LogP contribution in [0.5, 0.6) is 0 Å². The van der Waals surface area contributed by atoms with Gasteiger partial charge in [0, 0.05) is 12.0 Å². The number of hydrogen-bond donors (Lipinski definition) is 2. The number of piperidine rings is 1. The number of aliphatic hydroxyl groups excluding tert-OH is 1. The lowest BCUT2D eigenvalue weighted by atomic mass is 10.1. The first-order valence-electron chi connectivity index (χ1n) is 3.19. The molecule has 0 spiro atoms. The fraction of sp³-hybridized carbons (Fsp3) is 1.00. The first-order chi connectivity index (χ1) is 3.87. The van der Waals surface area contributed by atoms with E-state index in [4.69, 9.17) is 5.11 Å². The van der Waals surface area contributed by atoms with Gasteiger partial charge in [0.15, 0.2) is 0 Å².